The largest absolute Gasteiger partial charge is 0.332 e. The van der Waals surface area contributed by atoms with E-state index in [1.165, 1.54) is 0 Å². The highest BCUT2D eigenvalue weighted by Crippen LogP contribution is 2.32. The Morgan fingerprint density at radius 1 is 1.32 bits per heavy atom. The van der Waals surface area contributed by atoms with Crippen LogP contribution in [-0.4, -0.2) is 22.9 Å². The Hall–Kier alpha value is -0.870. The van der Waals surface area contributed by atoms with Crippen molar-refractivity contribution in [2.24, 2.45) is 5.73 Å². The minimum absolute atomic E-state index is 0.00928. The van der Waals surface area contributed by atoms with Gasteiger partial charge in [-0.05, 0) is 44.4 Å². The van der Waals surface area contributed by atoms with Gasteiger partial charge in [-0.1, -0.05) is 28.1 Å². The van der Waals surface area contributed by atoms with E-state index < -0.39 is 0 Å². The Morgan fingerprint density at radius 3 is 2.53 bits per heavy atom. The number of nitrogens with zero attached hydrogens (tertiary/aromatic N) is 1. The van der Waals surface area contributed by atoms with Crippen molar-refractivity contribution in [3.8, 4) is 0 Å². The molecule has 2 unspecified atom stereocenters. The number of halogens is 1. The predicted octanol–water partition coefficient (Wildman–Crippen LogP) is 3.24. The minimum Gasteiger partial charge on any atom is -0.332 e. The van der Waals surface area contributed by atoms with Crippen LogP contribution in [-0.2, 0) is 4.79 Å². The number of hydrogen-bond acceptors (Lipinski definition) is 2. The summed E-state index contributed by atoms with van der Waals surface area (Å²) in [7, 11) is 0. The molecule has 1 saturated heterocycles. The topological polar surface area (TPSA) is 46.3 Å². The third-order valence-corrected chi connectivity index (χ3v) is 4.22. The van der Waals surface area contributed by atoms with Crippen molar-refractivity contribution in [2.45, 2.75) is 51.2 Å². The maximum atomic E-state index is 12.3. The number of hydrogen-bond donors (Lipinski definition) is 1. The summed E-state index contributed by atoms with van der Waals surface area (Å²) in [4.78, 5) is 14.3. The summed E-state index contributed by atoms with van der Waals surface area (Å²) >= 11 is 3.44. The van der Waals surface area contributed by atoms with Crippen LogP contribution in [0.5, 0.6) is 0 Å². The number of carbonyl (C=O) groups excluding carboxylic acids is 1. The van der Waals surface area contributed by atoms with E-state index in [2.05, 4.69) is 41.9 Å². The second kappa shape index (κ2) is 6.06. The van der Waals surface area contributed by atoms with E-state index in [4.69, 9.17) is 5.73 Å². The number of carbonyl (C=O) groups is 1. The highest BCUT2D eigenvalue weighted by Gasteiger charge is 2.34. The van der Waals surface area contributed by atoms with Crippen LogP contribution in [0.3, 0.4) is 0 Å². The molecule has 0 saturated carbocycles. The van der Waals surface area contributed by atoms with Gasteiger partial charge in [0, 0.05) is 23.0 Å². The first-order valence-corrected chi connectivity index (χ1v) is 7.62. The molecule has 1 amide bonds. The van der Waals surface area contributed by atoms with Gasteiger partial charge in [-0.15, -0.1) is 0 Å². The summed E-state index contributed by atoms with van der Waals surface area (Å²) in [5.41, 5.74) is 7.46. The van der Waals surface area contributed by atoms with Crippen molar-refractivity contribution < 1.29 is 4.79 Å². The lowest BCUT2D eigenvalue weighted by molar-refractivity contribution is -0.135. The van der Waals surface area contributed by atoms with E-state index in [-0.39, 0.29) is 24.0 Å². The molecule has 0 bridgehead atoms. The van der Waals surface area contributed by atoms with Crippen molar-refractivity contribution in [3.05, 3.63) is 34.3 Å². The summed E-state index contributed by atoms with van der Waals surface area (Å²) in [5.74, 6) is 0.218. The van der Waals surface area contributed by atoms with E-state index in [1.807, 2.05) is 17.0 Å². The molecule has 0 spiro atoms. The quantitative estimate of drug-likeness (QED) is 0.907. The van der Waals surface area contributed by atoms with Crippen LogP contribution in [0.2, 0.25) is 0 Å². The van der Waals surface area contributed by atoms with Gasteiger partial charge in [0.1, 0.15) is 0 Å². The number of nitrogens with two attached hydrogens (primary N) is 1. The Bertz CT molecular complexity index is 444. The summed E-state index contributed by atoms with van der Waals surface area (Å²) in [6.45, 7) is 4.11. The molecule has 1 aliphatic rings. The van der Waals surface area contributed by atoms with Gasteiger partial charge in [0.15, 0.2) is 0 Å². The third kappa shape index (κ3) is 3.18. The van der Waals surface area contributed by atoms with E-state index in [0.717, 1.165) is 22.9 Å². The second-order valence-corrected chi connectivity index (χ2v) is 6.36. The number of rotatable bonds is 2. The van der Waals surface area contributed by atoms with Crippen molar-refractivity contribution in [3.63, 3.8) is 0 Å². The number of benzene rings is 1. The molecule has 19 heavy (non-hydrogen) atoms. The lowest BCUT2D eigenvalue weighted by Crippen LogP contribution is -2.45. The van der Waals surface area contributed by atoms with E-state index in [0.29, 0.717) is 6.42 Å². The molecule has 1 heterocycles. The highest BCUT2D eigenvalue weighted by molar-refractivity contribution is 9.10. The molecule has 1 aromatic carbocycles. The molecule has 1 aliphatic heterocycles. The van der Waals surface area contributed by atoms with Crippen LogP contribution in [0.1, 0.15) is 44.7 Å². The zero-order chi connectivity index (χ0) is 14.0. The second-order valence-electron chi connectivity index (χ2n) is 5.45. The molecule has 1 aromatic rings. The molecule has 4 heteroatoms. The van der Waals surface area contributed by atoms with Gasteiger partial charge in [0.05, 0.1) is 6.04 Å². The van der Waals surface area contributed by atoms with E-state index in [1.54, 1.807) is 0 Å². The first-order valence-electron chi connectivity index (χ1n) is 6.83. The zero-order valence-electron chi connectivity index (χ0n) is 11.5. The zero-order valence-corrected chi connectivity index (χ0v) is 13.1. The third-order valence-electron chi connectivity index (χ3n) is 3.69. The molecule has 2 N–H and O–H groups in total. The summed E-state index contributed by atoms with van der Waals surface area (Å²) < 4.78 is 1.04. The van der Waals surface area contributed by atoms with Crippen LogP contribution in [0.25, 0.3) is 0 Å². The Morgan fingerprint density at radius 2 is 1.95 bits per heavy atom. The van der Waals surface area contributed by atoms with Crippen LogP contribution >= 0.6 is 15.9 Å². The fourth-order valence-corrected chi connectivity index (χ4v) is 3.08. The lowest BCUT2D eigenvalue weighted by Gasteiger charge is -2.37. The van der Waals surface area contributed by atoms with Crippen molar-refractivity contribution in [1.29, 1.82) is 0 Å². The monoisotopic (exact) mass is 324 g/mol. The van der Waals surface area contributed by atoms with Gasteiger partial charge >= 0.3 is 0 Å². The van der Waals surface area contributed by atoms with Crippen molar-refractivity contribution >= 4 is 21.8 Å². The average molecular weight is 325 g/mol. The molecular formula is C15H21BrN2O. The van der Waals surface area contributed by atoms with Gasteiger partial charge in [-0.3, -0.25) is 4.79 Å². The van der Waals surface area contributed by atoms with Gasteiger partial charge in [0.25, 0.3) is 0 Å². The Kier molecular flexibility index (Phi) is 4.63. The molecule has 0 aromatic heterocycles. The molecule has 104 valence electrons. The smallest absolute Gasteiger partial charge is 0.223 e. The van der Waals surface area contributed by atoms with Crippen molar-refractivity contribution in [1.82, 2.24) is 4.90 Å². The van der Waals surface area contributed by atoms with Gasteiger partial charge < -0.3 is 10.6 Å². The first kappa shape index (κ1) is 14.5. The fourth-order valence-electron chi connectivity index (χ4n) is 2.81. The van der Waals surface area contributed by atoms with Crippen molar-refractivity contribution in [2.75, 3.05) is 0 Å². The summed E-state index contributed by atoms with van der Waals surface area (Å²) in [5, 5.41) is 0. The van der Waals surface area contributed by atoms with E-state index in [9.17, 15) is 4.79 Å². The van der Waals surface area contributed by atoms with Crippen LogP contribution < -0.4 is 5.73 Å². The highest BCUT2D eigenvalue weighted by atomic mass is 79.9. The maximum absolute atomic E-state index is 12.3. The Labute approximate surface area is 123 Å². The molecule has 1 fully saturated rings. The normalized spacial score (nSPS) is 24.7. The molecule has 2 atom stereocenters. The summed E-state index contributed by atoms with van der Waals surface area (Å²) in [6, 6.07) is 8.31. The summed E-state index contributed by atoms with van der Waals surface area (Å²) in [6.07, 6.45) is 2.39. The molecular weight excluding hydrogens is 304 g/mol. The lowest BCUT2D eigenvalue weighted by atomic mass is 9.95. The molecule has 0 aliphatic carbocycles. The maximum Gasteiger partial charge on any atom is 0.223 e. The average Bonchev–Trinajstić information content (AvgIpc) is 2.50. The van der Waals surface area contributed by atoms with Crippen LogP contribution in [0, 0.1) is 0 Å². The van der Waals surface area contributed by atoms with Gasteiger partial charge in [-0.2, -0.15) is 0 Å². The first-order chi connectivity index (χ1) is 9.00. The fraction of sp³-hybridized carbons (Fsp3) is 0.533. The van der Waals surface area contributed by atoms with Crippen LogP contribution in [0.15, 0.2) is 28.7 Å². The molecule has 2 rings (SSSR count). The minimum atomic E-state index is -0.0110. The molecule has 3 nitrogen and oxygen atoms in total. The van der Waals surface area contributed by atoms with Gasteiger partial charge in [-0.25, -0.2) is 0 Å². The van der Waals surface area contributed by atoms with Gasteiger partial charge in [0.2, 0.25) is 5.91 Å². The Balaban J connectivity index is 2.40. The molecule has 0 radical (unpaired) electrons. The SMILES string of the molecule is CC(C)N1C(=O)CCCC(N)C1c1ccc(Br)cc1. The number of amides is 1. The standard InChI is InChI=1S/C15H21BrN2O/c1-10(2)18-14(19)5-3-4-13(17)15(18)11-6-8-12(16)9-7-11/h6-10,13,15H,3-5,17H2,1-2H3. The predicted molar refractivity (Wildman–Crippen MR) is 80.7 cm³/mol. The van der Waals surface area contributed by atoms with Crippen LogP contribution in [0.4, 0.5) is 0 Å². The number of likely N-dealkylation sites (tertiary alicyclic amines) is 1. The van der Waals surface area contributed by atoms with E-state index >= 15 is 0 Å².